The van der Waals surface area contributed by atoms with E-state index >= 15 is 0 Å². The molecular formula is C58H39N5O2. The van der Waals surface area contributed by atoms with E-state index in [1.165, 1.54) is 16.7 Å². The third-order valence-corrected chi connectivity index (χ3v) is 12.8. The highest BCUT2D eigenvalue weighted by Gasteiger charge is 2.25. The van der Waals surface area contributed by atoms with Gasteiger partial charge in [-0.2, -0.15) is 0 Å². The van der Waals surface area contributed by atoms with Gasteiger partial charge < -0.3 is 9.15 Å². The zero-order valence-corrected chi connectivity index (χ0v) is 35.6. The Hall–Kier alpha value is -8.68. The molecular weight excluding hydrogens is 799 g/mol. The molecule has 308 valence electrons. The first-order valence-electron chi connectivity index (χ1n) is 21.9. The Morgan fingerprint density at radius 3 is 1.80 bits per heavy atom. The summed E-state index contributed by atoms with van der Waals surface area (Å²) in [4.78, 5) is 10.6. The van der Waals surface area contributed by atoms with Crippen molar-refractivity contribution in [1.82, 2.24) is 23.7 Å². The zero-order chi connectivity index (χ0) is 43.2. The highest BCUT2D eigenvalue weighted by Crippen LogP contribution is 2.46. The van der Waals surface area contributed by atoms with Crippen LogP contribution in [0.2, 0.25) is 0 Å². The molecule has 0 saturated carbocycles. The summed E-state index contributed by atoms with van der Waals surface area (Å²) in [5, 5.41) is 4.22. The van der Waals surface area contributed by atoms with Crippen molar-refractivity contribution in [2.24, 2.45) is 0 Å². The van der Waals surface area contributed by atoms with Gasteiger partial charge in [0.15, 0.2) is 0 Å². The normalized spacial score (nSPS) is 11.8. The van der Waals surface area contributed by atoms with E-state index in [1.54, 1.807) is 0 Å². The van der Waals surface area contributed by atoms with Gasteiger partial charge in [-0.25, -0.2) is 9.97 Å². The number of ether oxygens (including phenoxy) is 1. The highest BCUT2D eigenvalue weighted by atomic mass is 16.5. The van der Waals surface area contributed by atoms with Crippen LogP contribution in [0.15, 0.2) is 205 Å². The fourth-order valence-corrected chi connectivity index (χ4v) is 9.98. The first kappa shape index (κ1) is 36.9. The largest absolute Gasteiger partial charge is 0.457 e. The topological polar surface area (TPSA) is 62.9 Å². The molecule has 4 aromatic heterocycles. The lowest BCUT2D eigenvalue weighted by Crippen LogP contribution is -2.05. The number of aromatic nitrogens is 5. The number of hydrogen-bond donors (Lipinski definition) is 0. The van der Waals surface area contributed by atoms with Gasteiger partial charge in [-0.05, 0) is 121 Å². The van der Waals surface area contributed by atoms with E-state index in [2.05, 4.69) is 203 Å². The second kappa shape index (κ2) is 14.4. The molecule has 9 aromatic carbocycles. The van der Waals surface area contributed by atoms with Gasteiger partial charge in [0, 0.05) is 39.0 Å². The van der Waals surface area contributed by atoms with Crippen LogP contribution in [-0.2, 0) is 0 Å². The monoisotopic (exact) mass is 837 g/mol. The molecule has 0 amide bonds. The van der Waals surface area contributed by atoms with Crippen LogP contribution in [0, 0.1) is 13.8 Å². The van der Waals surface area contributed by atoms with Crippen LogP contribution >= 0.6 is 0 Å². The van der Waals surface area contributed by atoms with E-state index in [-0.39, 0.29) is 0 Å². The van der Waals surface area contributed by atoms with Crippen LogP contribution in [0.25, 0.3) is 106 Å². The van der Waals surface area contributed by atoms with Crippen molar-refractivity contribution in [3.8, 4) is 51.3 Å². The molecule has 0 radical (unpaired) electrons. The van der Waals surface area contributed by atoms with Gasteiger partial charge in [-0.3, -0.25) is 13.7 Å². The predicted molar refractivity (Wildman–Crippen MR) is 264 cm³/mol. The minimum atomic E-state index is 0.664. The number of nitrogens with zero attached hydrogens (tertiary/aromatic N) is 5. The van der Waals surface area contributed by atoms with E-state index < -0.39 is 0 Å². The summed E-state index contributed by atoms with van der Waals surface area (Å²) < 4.78 is 20.8. The van der Waals surface area contributed by atoms with E-state index in [0.29, 0.717) is 11.5 Å². The third kappa shape index (κ3) is 5.75. The Bertz CT molecular complexity index is 3980. The summed E-state index contributed by atoms with van der Waals surface area (Å²) >= 11 is 0. The smallest absolute Gasteiger partial charge is 0.220 e. The third-order valence-electron chi connectivity index (χ3n) is 12.8. The minimum Gasteiger partial charge on any atom is -0.457 e. The number of fused-ring (bicyclic) bond motifs is 8. The number of aryl methyl sites for hydroxylation is 2. The molecule has 0 bridgehead atoms. The predicted octanol–water partition coefficient (Wildman–Crippen LogP) is 15.1. The summed E-state index contributed by atoms with van der Waals surface area (Å²) in [6.07, 6.45) is 0. The molecule has 0 N–H and O–H groups in total. The van der Waals surface area contributed by atoms with Crippen LogP contribution in [-0.4, -0.2) is 23.7 Å². The fraction of sp³-hybridized carbons (Fsp3) is 0.0345. The van der Waals surface area contributed by atoms with Crippen molar-refractivity contribution in [1.29, 1.82) is 0 Å². The number of benzene rings is 9. The van der Waals surface area contributed by atoms with E-state index in [4.69, 9.17) is 19.1 Å². The molecule has 7 nitrogen and oxygen atoms in total. The lowest BCUT2D eigenvalue weighted by molar-refractivity contribution is 0.484. The Morgan fingerprint density at radius 1 is 0.431 bits per heavy atom. The second-order valence-corrected chi connectivity index (χ2v) is 16.7. The van der Waals surface area contributed by atoms with Gasteiger partial charge in [-0.15, -0.1) is 0 Å². The number of furan rings is 1. The summed E-state index contributed by atoms with van der Waals surface area (Å²) in [6.45, 7) is 4.35. The van der Waals surface area contributed by atoms with Crippen molar-refractivity contribution >= 4 is 65.8 Å². The average molecular weight is 838 g/mol. The minimum absolute atomic E-state index is 0.664. The van der Waals surface area contributed by atoms with Gasteiger partial charge in [0.1, 0.15) is 28.5 Å². The first-order valence-corrected chi connectivity index (χ1v) is 21.9. The highest BCUT2D eigenvalue weighted by molar-refractivity contribution is 6.16. The van der Waals surface area contributed by atoms with Crippen LogP contribution in [0.1, 0.15) is 11.1 Å². The zero-order valence-electron chi connectivity index (χ0n) is 35.6. The van der Waals surface area contributed by atoms with Gasteiger partial charge in [0.25, 0.3) is 0 Å². The molecule has 0 aliphatic heterocycles. The number of hydrogen-bond acceptors (Lipinski definition) is 4. The molecule has 0 spiro atoms. The summed E-state index contributed by atoms with van der Waals surface area (Å²) in [5.74, 6) is 2.91. The summed E-state index contributed by atoms with van der Waals surface area (Å²) in [7, 11) is 0. The van der Waals surface area contributed by atoms with Crippen LogP contribution in [0.4, 0.5) is 0 Å². The van der Waals surface area contributed by atoms with E-state index in [1.807, 2.05) is 24.3 Å². The van der Waals surface area contributed by atoms with Crippen molar-refractivity contribution in [2.45, 2.75) is 13.8 Å². The van der Waals surface area contributed by atoms with Crippen molar-refractivity contribution in [2.75, 3.05) is 0 Å². The second-order valence-electron chi connectivity index (χ2n) is 16.7. The van der Waals surface area contributed by atoms with Crippen LogP contribution in [0.5, 0.6) is 11.5 Å². The molecule has 0 aliphatic carbocycles. The molecule has 0 atom stereocenters. The van der Waals surface area contributed by atoms with Gasteiger partial charge >= 0.3 is 0 Å². The summed E-state index contributed by atoms with van der Waals surface area (Å²) in [5.41, 5.74) is 15.0. The lowest BCUT2D eigenvalue weighted by atomic mass is 9.92. The standard InChI is InChI=1S/C58H39N5O2/c1-36-17-15-18-37(2)54(36)44-24-16-30-53-55(44)45-33-41(34-46(56(45)65-53)57-59-47-25-10-13-28-50(47)61(57)38-19-5-3-6-20-38)64-40-31-32-43-42-23-9-12-27-49(42)63(52(43)35-40)58-60-48-26-11-14-29-51(48)62(58)39-21-7-4-8-22-39/h3-35H,1-2H3. The fourth-order valence-electron chi connectivity index (χ4n) is 9.98. The molecule has 7 heteroatoms. The summed E-state index contributed by atoms with van der Waals surface area (Å²) in [6, 6.07) is 69.4. The molecule has 0 saturated heterocycles. The quantitative estimate of drug-likeness (QED) is 0.160. The van der Waals surface area contributed by atoms with Gasteiger partial charge in [-0.1, -0.05) is 109 Å². The van der Waals surface area contributed by atoms with Gasteiger partial charge in [0.2, 0.25) is 5.95 Å². The Kier molecular flexibility index (Phi) is 8.20. The molecule has 4 heterocycles. The molecule has 13 rings (SSSR count). The van der Waals surface area contributed by atoms with E-state index in [0.717, 1.165) is 100 Å². The van der Waals surface area contributed by atoms with E-state index in [9.17, 15) is 0 Å². The number of para-hydroxylation sites is 7. The Morgan fingerprint density at radius 2 is 1.05 bits per heavy atom. The maximum absolute atomic E-state index is 7.13. The van der Waals surface area contributed by atoms with Crippen LogP contribution < -0.4 is 4.74 Å². The first-order chi connectivity index (χ1) is 32.1. The van der Waals surface area contributed by atoms with Gasteiger partial charge in [0.05, 0.1) is 38.7 Å². The maximum atomic E-state index is 7.13. The molecule has 0 aliphatic rings. The Balaban J connectivity index is 1.07. The SMILES string of the molecule is Cc1cccc(C)c1-c1cccc2oc3c(-c4nc5ccccc5n4-c4ccccc4)cc(Oc4ccc5c6ccccc6n(-c6nc7ccccc7n6-c6ccccc6)c5c4)cc3c12. The molecule has 0 fully saturated rings. The number of rotatable bonds is 7. The van der Waals surface area contributed by atoms with Crippen LogP contribution in [0.3, 0.4) is 0 Å². The molecule has 13 aromatic rings. The van der Waals surface area contributed by atoms with Crippen molar-refractivity contribution in [3.05, 3.63) is 211 Å². The lowest BCUT2D eigenvalue weighted by Gasteiger charge is -2.14. The molecule has 65 heavy (non-hydrogen) atoms. The maximum Gasteiger partial charge on any atom is 0.220 e. The van der Waals surface area contributed by atoms with Crippen molar-refractivity contribution < 1.29 is 9.15 Å². The Labute approximate surface area is 373 Å². The average Bonchev–Trinajstić information content (AvgIpc) is 4.11. The molecule has 0 unspecified atom stereocenters. The number of imidazole rings is 2. The van der Waals surface area contributed by atoms with Crippen molar-refractivity contribution in [3.63, 3.8) is 0 Å².